The Balaban J connectivity index is 1.21. The first-order valence-corrected chi connectivity index (χ1v) is 13.4. The minimum Gasteiger partial charge on any atom is -0.384 e. The molecule has 7 heteroatoms. The average Bonchev–Trinajstić information content (AvgIpc) is 3.25. The molecule has 0 spiro atoms. The van der Waals surface area contributed by atoms with Crippen LogP contribution in [-0.4, -0.2) is 34.2 Å². The van der Waals surface area contributed by atoms with Crippen molar-refractivity contribution in [1.82, 2.24) is 14.7 Å². The molecule has 40 heavy (non-hydrogen) atoms. The maximum atomic E-state index is 13.5. The van der Waals surface area contributed by atoms with Crippen LogP contribution in [0, 0.1) is 20.8 Å². The molecule has 202 valence electrons. The Morgan fingerprint density at radius 2 is 1.55 bits per heavy atom. The summed E-state index contributed by atoms with van der Waals surface area (Å²) in [6, 6.07) is 27.0. The number of hydrogen-bond acceptors (Lipinski definition) is 5. The Kier molecular flexibility index (Phi) is 8.03. The predicted molar refractivity (Wildman–Crippen MR) is 161 cm³/mol. The van der Waals surface area contributed by atoms with E-state index in [1.54, 1.807) is 16.5 Å². The van der Waals surface area contributed by atoms with Crippen molar-refractivity contribution in [1.29, 1.82) is 0 Å². The first-order valence-electron chi connectivity index (χ1n) is 13.4. The van der Waals surface area contributed by atoms with Gasteiger partial charge in [0.25, 0.3) is 11.7 Å². The summed E-state index contributed by atoms with van der Waals surface area (Å²) in [5.74, 6) is -1.26. The number of amides is 1. The molecule has 0 aliphatic heterocycles. The molecule has 0 saturated heterocycles. The molecule has 3 N–H and O–H groups in total. The minimum atomic E-state index is -0.676. The summed E-state index contributed by atoms with van der Waals surface area (Å²) in [4.78, 5) is 31.2. The summed E-state index contributed by atoms with van der Waals surface area (Å²) in [6.45, 7) is 8.28. The summed E-state index contributed by atoms with van der Waals surface area (Å²) < 4.78 is 1.80. The molecule has 0 unspecified atom stereocenters. The number of benzene rings is 2. The van der Waals surface area contributed by atoms with E-state index in [1.165, 1.54) is 5.56 Å². The van der Waals surface area contributed by atoms with Gasteiger partial charge in [-0.25, -0.2) is 0 Å². The van der Waals surface area contributed by atoms with Crippen LogP contribution in [0.25, 0.3) is 16.6 Å². The molecule has 0 bridgehead atoms. The zero-order valence-corrected chi connectivity index (χ0v) is 23.0. The fourth-order valence-electron chi connectivity index (χ4n) is 5.04. The molecular weight excluding hydrogens is 498 g/mol. The number of aromatic nitrogens is 2. The second kappa shape index (κ2) is 12.0. The van der Waals surface area contributed by atoms with Crippen LogP contribution in [-0.2, 0) is 11.3 Å². The first-order chi connectivity index (χ1) is 19.4. The molecule has 0 aliphatic rings. The maximum Gasteiger partial charge on any atom is 0.298 e. The van der Waals surface area contributed by atoms with Crippen LogP contribution in [0.4, 0.5) is 11.4 Å². The predicted octanol–water partition coefficient (Wildman–Crippen LogP) is 5.95. The van der Waals surface area contributed by atoms with Gasteiger partial charge in [-0.05, 0) is 86.0 Å². The lowest BCUT2D eigenvalue weighted by molar-refractivity contribution is -0.112. The highest BCUT2D eigenvalue weighted by atomic mass is 16.2. The van der Waals surface area contributed by atoms with Crippen LogP contribution in [0.3, 0.4) is 0 Å². The number of aryl methyl sites for hydroxylation is 3. The van der Waals surface area contributed by atoms with Gasteiger partial charge in [0.2, 0.25) is 0 Å². The van der Waals surface area contributed by atoms with Crippen molar-refractivity contribution in [3.63, 3.8) is 0 Å². The Morgan fingerprint density at radius 3 is 2.30 bits per heavy atom. The molecule has 2 aromatic carbocycles. The molecule has 3 aromatic heterocycles. The SMILES string of the molecule is Cc1cc(C)nc(CNCCNc2ccc(NC(=O)C(=O)c3c(-c4ccccc4)c(C)c4ccccn34)cc2)c1. The molecule has 0 atom stereocenters. The van der Waals surface area contributed by atoms with E-state index in [9.17, 15) is 9.59 Å². The van der Waals surface area contributed by atoms with Gasteiger partial charge < -0.3 is 20.4 Å². The number of nitrogens with one attached hydrogen (secondary N) is 3. The Bertz CT molecular complexity index is 1640. The molecule has 5 aromatic rings. The van der Waals surface area contributed by atoms with Gasteiger partial charge in [-0.15, -0.1) is 0 Å². The lowest BCUT2D eigenvalue weighted by atomic mass is 9.99. The number of ketones is 1. The van der Waals surface area contributed by atoms with Gasteiger partial charge in [0.1, 0.15) is 5.69 Å². The van der Waals surface area contributed by atoms with Crippen molar-refractivity contribution < 1.29 is 9.59 Å². The van der Waals surface area contributed by atoms with Crippen LogP contribution < -0.4 is 16.0 Å². The van der Waals surface area contributed by atoms with Gasteiger partial charge in [0.15, 0.2) is 0 Å². The first kappa shape index (κ1) is 26.8. The van der Waals surface area contributed by atoms with Crippen LogP contribution in [0.15, 0.2) is 91.1 Å². The molecule has 7 nitrogen and oxygen atoms in total. The third-order valence-corrected chi connectivity index (χ3v) is 6.81. The highest BCUT2D eigenvalue weighted by Gasteiger charge is 2.27. The summed E-state index contributed by atoms with van der Waals surface area (Å²) in [7, 11) is 0. The summed E-state index contributed by atoms with van der Waals surface area (Å²) in [5.41, 5.74) is 8.64. The number of anilines is 2. The van der Waals surface area contributed by atoms with Gasteiger partial charge in [-0.3, -0.25) is 14.6 Å². The van der Waals surface area contributed by atoms with E-state index in [4.69, 9.17) is 0 Å². The lowest BCUT2D eigenvalue weighted by Crippen LogP contribution is -2.24. The van der Waals surface area contributed by atoms with Crippen molar-refractivity contribution in [3.8, 4) is 11.1 Å². The largest absolute Gasteiger partial charge is 0.384 e. The van der Waals surface area contributed by atoms with Crippen LogP contribution >= 0.6 is 0 Å². The van der Waals surface area contributed by atoms with Crippen molar-refractivity contribution in [3.05, 3.63) is 119 Å². The van der Waals surface area contributed by atoms with E-state index in [0.29, 0.717) is 17.9 Å². The van der Waals surface area contributed by atoms with E-state index >= 15 is 0 Å². The molecule has 3 heterocycles. The molecular formula is C33H33N5O2. The zero-order chi connectivity index (χ0) is 28.1. The molecule has 0 radical (unpaired) electrons. The van der Waals surface area contributed by atoms with Gasteiger partial charge in [-0.1, -0.05) is 36.4 Å². The number of carbonyl (C=O) groups is 2. The quantitative estimate of drug-likeness (QED) is 0.118. The topological polar surface area (TPSA) is 87.5 Å². The van der Waals surface area contributed by atoms with E-state index in [0.717, 1.165) is 52.4 Å². The highest BCUT2D eigenvalue weighted by Crippen LogP contribution is 2.33. The number of hydrogen-bond donors (Lipinski definition) is 3. The molecule has 0 saturated carbocycles. The van der Waals surface area contributed by atoms with Crippen LogP contribution in [0.1, 0.15) is 33.0 Å². The van der Waals surface area contributed by atoms with Crippen molar-refractivity contribution in [2.24, 2.45) is 0 Å². The number of Topliss-reactive ketones (excluding diaryl/α,β-unsaturated/α-hetero) is 1. The Hall–Kier alpha value is -4.75. The van der Waals surface area contributed by atoms with Crippen LogP contribution in [0.5, 0.6) is 0 Å². The van der Waals surface area contributed by atoms with Gasteiger partial charge >= 0.3 is 0 Å². The van der Waals surface area contributed by atoms with E-state index < -0.39 is 11.7 Å². The smallest absolute Gasteiger partial charge is 0.298 e. The fraction of sp³-hybridized carbons (Fsp3) is 0.182. The fourth-order valence-corrected chi connectivity index (χ4v) is 5.04. The second-order valence-electron chi connectivity index (χ2n) is 9.91. The van der Waals surface area contributed by atoms with Crippen molar-refractivity contribution >= 4 is 28.6 Å². The maximum absolute atomic E-state index is 13.5. The third-order valence-electron chi connectivity index (χ3n) is 6.81. The molecule has 0 fully saturated rings. The van der Waals surface area contributed by atoms with Crippen LogP contribution in [0.2, 0.25) is 0 Å². The average molecular weight is 532 g/mol. The van der Waals surface area contributed by atoms with E-state index in [1.807, 2.05) is 80.7 Å². The molecule has 5 rings (SSSR count). The summed E-state index contributed by atoms with van der Waals surface area (Å²) >= 11 is 0. The minimum absolute atomic E-state index is 0.360. The number of pyridine rings is 2. The van der Waals surface area contributed by atoms with E-state index in [2.05, 4.69) is 40.0 Å². The number of carbonyl (C=O) groups excluding carboxylic acids is 2. The zero-order valence-electron chi connectivity index (χ0n) is 23.0. The molecule has 0 aliphatic carbocycles. The number of fused-ring (bicyclic) bond motifs is 1. The molecule has 1 amide bonds. The van der Waals surface area contributed by atoms with Crippen molar-refractivity contribution in [2.75, 3.05) is 23.7 Å². The normalized spacial score (nSPS) is 11.0. The standard InChI is InChI=1S/C33H33N5O2/c1-22-19-23(2)36-28(20-22)21-34-16-17-35-26-12-14-27(15-13-26)37-33(40)32(39)31-30(25-9-5-4-6-10-25)24(3)29-11-7-8-18-38(29)31/h4-15,18-20,34-35H,16-17,21H2,1-3H3,(H,37,40). The van der Waals surface area contributed by atoms with Gasteiger partial charge in [0, 0.05) is 54.0 Å². The number of nitrogens with zero attached hydrogens (tertiary/aromatic N) is 2. The lowest BCUT2D eigenvalue weighted by Gasteiger charge is -2.10. The third kappa shape index (κ3) is 5.95. The Labute approximate surface area is 234 Å². The highest BCUT2D eigenvalue weighted by molar-refractivity contribution is 6.47. The van der Waals surface area contributed by atoms with Gasteiger partial charge in [0.05, 0.1) is 5.69 Å². The summed E-state index contributed by atoms with van der Waals surface area (Å²) in [6.07, 6.45) is 1.82. The Morgan fingerprint density at radius 1 is 0.825 bits per heavy atom. The number of rotatable bonds is 10. The van der Waals surface area contributed by atoms with E-state index in [-0.39, 0.29) is 0 Å². The second-order valence-corrected chi connectivity index (χ2v) is 9.91. The van der Waals surface area contributed by atoms with Gasteiger partial charge in [-0.2, -0.15) is 0 Å². The monoisotopic (exact) mass is 531 g/mol. The summed E-state index contributed by atoms with van der Waals surface area (Å²) in [5, 5.41) is 9.54. The van der Waals surface area contributed by atoms with Crippen molar-refractivity contribution in [2.45, 2.75) is 27.3 Å².